The van der Waals surface area contributed by atoms with Crippen LogP contribution in [0.2, 0.25) is 0 Å². The molecule has 2 aliphatic heterocycles. The van der Waals surface area contributed by atoms with Crippen LogP contribution in [0.25, 0.3) is 11.4 Å². The van der Waals surface area contributed by atoms with E-state index >= 15 is 0 Å². The Bertz CT molecular complexity index is 1440. The number of halogens is 1. The van der Waals surface area contributed by atoms with E-state index in [-0.39, 0.29) is 18.5 Å². The van der Waals surface area contributed by atoms with Gasteiger partial charge in [-0.2, -0.15) is 0 Å². The number of fused-ring (bicyclic) bond motifs is 1. The first-order valence-corrected chi connectivity index (χ1v) is 12.0. The van der Waals surface area contributed by atoms with E-state index in [1.807, 2.05) is 59.5 Å². The van der Waals surface area contributed by atoms with Gasteiger partial charge in [0, 0.05) is 43.6 Å². The Kier molecular flexibility index (Phi) is 6.02. The van der Waals surface area contributed by atoms with Crippen molar-refractivity contribution < 1.29 is 18.7 Å². The van der Waals surface area contributed by atoms with Crippen LogP contribution in [-0.4, -0.2) is 53.7 Å². The molecule has 0 radical (unpaired) electrons. The van der Waals surface area contributed by atoms with Crippen LogP contribution >= 0.6 is 0 Å². The molecule has 2 aliphatic rings. The van der Waals surface area contributed by atoms with Crippen molar-refractivity contribution in [2.75, 3.05) is 43.2 Å². The Morgan fingerprint density at radius 2 is 1.65 bits per heavy atom. The Morgan fingerprint density at radius 1 is 0.892 bits per heavy atom. The first kappa shape index (κ1) is 22.8. The van der Waals surface area contributed by atoms with Gasteiger partial charge < -0.3 is 24.6 Å². The van der Waals surface area contributed by atoms with E-state index in [0.29, 0.717) is 60.6 Å². The molecule has 3 heterocycles. The third kappa shape index (κ3) is 4.63. The van der Waals surface area contributed by atoms with E-state index in [1.54, 1.807) is 23.2 Å². The highest BCUT2D eigenvalue weighted by atomic mass is 19.1. The number of ether oxygens (including phenoxy) is 2. The summed E-state index contributed by atoms with van der Waals surface area (Å²) in [5, 5.41) is 3.28. The third-order valence-electron chi connectivity index (χ3n) is 6.45. The van der Waals surface area contributed by atoms with Crippen molar-refractivity contribution in [1.82, 2.24) is 14.9 Å². The largest absolute Gasteiger partial charge is 0.454 e. The maximum Gasteiger partial charge on any atom is 0.259 e. The maximum absolute atomic E-state index is 14.2. The van der Waals surface area contributed by atoms with Gasteiger partial charge in [0.05, 0.1) is 5.69 Å². The highest BCUT2D eigenvalue weighted by molar-refractivity contribution is 5.99. The Balaban J connectivity index is 1.27. The standard InChI is InChI=1S/C28H24FN5O3/c29-22-8-4-5-9-23(22)33-12-14-34(15-13-33)28(35)21-17-30-26(19-10-11-24-25(16-19)37-18-36-24)32-27(21)31-20-6-2-1-3-7-20/h1-11,16-17H,12-15,18H2,(H,30,31,32). The molecule has 0 aliphatic carbocycles. The number of piperazine rings is 1. The van der Waals surface area contributed by atoms with Crippen LogP contribution in [0, 0.1) is 5.82 Å². The molecular formula is C28H24FN5O3. The van der Waals surface area contributed by atoms with Crippen molar-refractivity contribution in [1.29, 1.82) is 0 Å². The number of carbonyl (C=O) groups is 1. The van der Waals surface area contributed by atoms with E-state index in [0.717, 1.165) is 11.3 Å². The summed E-state index contributed by atoms with van der Waals surface area (Å²) >= 11 is 0. The zero-order valence-electron chi connectivity index (χ0n) is 19.9. The molecule has 1 amide bonds. The predicted octanol–water partition coefficient (Wildman–Crippen LogP) is 4.72. The zero-order valence-corrected chi connectivity index (χ0v) is 19.9. The summed E-state index contributed by atoms with van der Waals surface area (Å²) in [6.45, 7) is 2.16. The van der Waals surface area contributed by atoms with Crippen LogP contribution in [0.15, 0.2) is 79.0 Å². The Morgan fingerprint density at radius 3 is 2.46 bits per heavy atom. The zero-order chi connectivity index (χ0) is 25.2. The van der Waals surface area contributed by atoms with Crippen LogP contribution < -0.4 is 19.7 Å². The van der Waals surface area contributed by atoms with Gasteiger partial charge >= 0.3 is 0 Å². The summed E-state index contributed by atoms with van der Waals surface area (Å²) in [6, 6.07) is 21.8. The van der Waals surface area contributed by atoms with Crippen LogP contribution in [0.3, 0.4) is 0 Å². The minimum absolute atomic E-state index is 0.177. The highest BCUT2D eigenvalue weighted by Gasteiger charge is 2.27. The van der Waals surface area contributed by atoms with Gasteiger partial charge in [-0.15, -0.1) is 0 Å². The number of amides is 1. The summed E-state index contributed by atoms with van der Waals surface area (Å²) in [5.41, 5.74) is 2.47. The van der Waals surface area contributed by atoms with Crippen LogP contribution in [0.5, 0.6) is 11.5 Å². The van der Waals surface area contributed by atoms with E-state index in [1.165, 1.54) is 6.07 Å². The molecule has 37 heavy (non-hydrogen) atoms. The molecule has 9 heteroatoms. The lowest BCUT2D eigenvalue weighted by atomic mass is 10.1. The number of hydrogen-bond acceptors (Lipinski definition) is 7. The molecule has 0 saturated carbocycles. The fourth-order valence-electron chi connectivity index (χ4n) is 4.50. The number of nitrogens with zero attached hydrogens (tertiary/aromatic N) is 4. The van der Waals surface area contributed by atoms with E-state index in [9.17, 15) is 9.18 Å². The van der Waals surface area contributed by atoms with Crippen molar-refractivity contribution in [3.05, 3.63) is 90.4 Å². The SMILES string of the molecule is O=C(c1cnc(-c2ccc3c(c2)OCO3)nc1Nc1ccccc1)N1CCN(c2ccccc2F)CC1. The molecule has 4 aromatic rings. The van der Waals surface area contributed by atoms with Gasteiger partial charge in [-0.25, -0.2) is 14.4 Å². The summed E-state index contributed by atoms with van der Waals surface area (Å²) in [7, 11) is 0. The molecule has 1 fully saturated rings. The summed E-state index contributed by atoms with van der Waals surface area (Å²) in [6.07, 6.45) is 1.56. The molecule has 0 atom stereocenters. The molecule has 8 nitrogen and oxygen atoms in total. The monoisotopic (exact) mass is 497 g/mol. The number of aromatic nitrogens is 2. The molecular weight excluding hydrogens is 473 g/mol. The number of rotatable bonds is 5. The third-order valence-corrected chi connectivity index (χ3v) is 6.45. The Labute approximate surface area is 213 Å². The van der Waals surface area contributed by atoms with Crippen molar-refractivity contribution in [3.63, 3.8) is 0 Å². The van der Waals surface area contributed by atoms with Gasteiger partial charge in [0.2, 0.25) is 6.79 Å². The minimum atomic E-state index is -0.260. The van der Waals surface area contributed by atoms with E-state index in [4.69, 9.17) is 14.5 Å². The number of hydrogen-bond donors (Lipinski definition) is 1. The lowest BCUT2D eigenvalue weighted by molar-refractivity contribution is 0.0747. The number of anilines is 3. The number of nitrogens with one attached hydrogen (secondary N) is 1. The molecule has 1 aromatic heterocycles. The van der Waals surface area contributed by atoms with Gasteiger partial charge in [0.1, 0.15) is 17.2 Å². The summed E-state index contributed by atoms with van der Waals surface area (Å²) < 4.78 is 25.1. The normalized spacial score (nSPS) is 14.5. The number of carbonyl (C=O) groups excluding carboxylic acids is 1. The van der Waals surface area contributed by atoms with Crippen molar-refractivity contribution in [2.45, 2.75) is 0 Å². The molecule has 1 N–H and O–H groups in total. The molecule has 1 saturated heterocycles. The number of para-hydroxylation sites is 2. The molecule has 0 spiro atoms. The highest BCUT2D eigenvalue weighted by Crippen LogP contribution is 2.35. The van der Waals surface area contributed by atoms with Crippen LogP contribution in [0.1, 0.15) is 10.4 Å². The quantitative estimate of drug-likeness (QED) is 0.428. The topological polar surface area (TPSA) is 79.8 Å². The first-order chi connectivity index (χ1) is 18.2. The van der Waals surface area contributed by atoms with Crippen molar-refractivity contribution in [3.8, 4) is 22.9 Å². The lowest BCUT2D eigenvalue weighted by Crippen LogP contribution is -2.49. The van der Waals surface area contributed by atoms with Gasteiger partial charge in [-0.3, -0.25) is 4.79 Å². The minimum Gasteiger partial charge on any atom is -0.454 e. The second-order valence-corrected chi connectivity index (χ2v) is 8.75. The molecule has 0 unspecified atom stereocenters. The average Bonchev–Trinajstić information content (AvgIpc) is 3.42. The summed E-state index contributed by atoms with van der Waals surface area (Å²) in [5.74, 6) is 1.74. The lowest BCUT2D eigenvalue weighted by Gasteiger charge is -2.36. The smallest absolute Gasteiger partial charge is 0.259 e. The fourth-order valence-corrected chi connectivity index (χ4v) is 4.50. The van der Waals surface area contributed by atoms with E-state index < -0.39 is 0 Å². The summed E-state index contributed by atoms with van der Waals surface area (Å²) in [4.78, 5) is 26.6. The van der Waals surface area contributed by atoms with Crippen molar-refractivity contribution >= 4 is 23.1 Å². The molecule has 3 aromatic carbocycles. The Hall–Kier alpha value is -4.66. The maximum atomic E-state index is 14.2. The van der Waals surface area contributed by atoms with Gasteiger partial charge in [0.25, 0.3) is 5.91 Å². The second-order valence-electron chi connectivity index (χ2n) is 8.75. The molecule has 6 rings (SSSR count). The van der Waals surface area contributed by atoms with Gasteiger partial charge in [-0.1, -0.05) is 30.3 Å². The molecule has 186 valence electrons. The molecule has 0 bridgehead atoms. The number of benzene rings is 3. The van der Waals surface area contributed by atoms with Gasteiger partial charge in [-0.05, 0) is 42.5 Å². The van der Waals surface area contributed by atoms with Crippen LogP contribution in [0.4, 0.5) is 21.6 Å². The van der Waals surface area contributed by atoms with Gasteiger partial charge in [0.15, 0.2) is 17.3 Å². The predicted molar refractivity (Wildman–Crippen MR) is 138 cm³/mol. The van der Waals surface area contributed by atoms with Crippen molar-refractivity contribution in [2.24, 2.45) is 0 Å². The first-order valence-electron chi connectivity index (χ1n) is 12.0. The van der Waals surface area contributed by atoms with Crippen LogP contribution in [-0.2, 0) is 0 Å². The average molecular weight is 498 g/mol. The van der Waals surface area contributed by atoms with E-state index in [2.05, 4.69) is 10.3 Å². The fraction of sp³-hybridized carbons (Fsp3) is 0.179. The second kappa shape index (κ2) is 9.77.